The van der Waals surface area contributed by atoms with Gasteiger partial charge >= 0.3 is 0 Å². The molecule has 0 spiro atoms. The minimum absolute atomic E-state index is 0.449. The highest BCUT2D eigenvalue weighted by Crippen LogP contribution is 2.07. The van der Waals surface area contributed by atoms with Gasteiger partial charge in [-0.1, -0.05) is 27.0 Å². The summed E-state index contributed by atoms with van der Waals surface area (Å²) in [6.07, 6.45) is 1.78. The Morgan fingerprint density at radius 3 is 2.40 bits per heavy atom. The minimum atomic E-state index is 0.449. The summed E-state index contributed by atoms with van der Waals surface area (Å²) in [4.78, 5) is 0. The Morgan fingerprint density at radius 2 is 2.10 bits per heavy atom. The van der Waals surface area contributed by atoms with Crippen LogP contribution in [-0.2, 0) is 0 Å². The molecule has 0 aromatic carbocycles. The second-order valence-corrected chi connectivity index (χ2v) is 2.87. The fourth-order valence-corrected chi connectivity index (χ4v) is 0.958. The van der Waals surface area contributed by atoms with Gasteiger partial charge in [0.05, 0.1) is 5.71 Å². The molecule has 0 amide bonds. The van der Waals surface area contributed by atoms with Crippen molar-refractivity contribution in [3.05, 3.63) is 24.6 Å². The van der Waals surface area contributed by atoms with Gasteiger partial charge in [0.1, 0.15) is 0 Å². The maximum absolute atomic E-state index is 4.16. The Kier molecular flexibility index (Phi) is 5.03. The van der Waals surface area contributed by atoms with Crippen LogP contribution in [0.4, 0.5) is 0 Å². The van der Waals surface area contributed by atoms with Gasteiger partial charge in [0.25, 0.3) is 0 Å². The van der Waals surface area contributed by atoms with E-state index in [1.54, 1.807) is 11.5 Å². The number of hydrogen-bond donors (Lipinski definition) is 0. The van der Waals surface area contributed by atoms with Gasteiger partial charge in [0, 0.05) is 11.9 Å². The van der Waals surface area contributed by atoms with Crippen LogP contribution >= 0.6 is 11.9 Å². The van der Waals surface area contributed by atoms with Crippen molar-refractivity contribution < 1.29 is 0 Å². The van der Waals surface area contributed by atoms with Crippen LogP contribution < -0.4 is 0 Å². The predicted octanol–water partition coefficient (Wildman–Crippen LogP) is 3.06. The molecule has 0 unspecified atom stereocenters. The summed E-state index contributed by atoms with van der Waals surface area (Å²) in [5.41, 5.74) is 1.02. The third kappa shape index (κ3) is 3.51. The van der Waals surface area contributed by atoms with Crippen LogP contribution in [0, 0.1) is 5.92 Å². The van der Waals surface area contributed by atoms with Crippen LogP contribution in [0.15, 0.2) is 29.0 Å². The Hall–Kier alpha value is -0.500. The first-order valence-electron chi connectivity index (χ1n) is 3.19. The van der Waals surface area contributed by atoms with E-state index in [9.17, 15) is 0 Å². The number of rotatable bonds is 4. The molecule has 2 heteroatoms. The monoisotopic (exact) mass is 155 g/mol. The summed E-state index contributed by atoms with van der Waals surface area (Å²) >= 11 is 1.35. The largest absolute Gasteiger partial charge is 0.216 e. The normalized spacial score (nSPS) is 11.7. The summed E-state index contributed by atoms with van der Waals surface area (Å²) in [6.45, 7) is 11.4. The molecule has 0 aromatic heterocycles. The molecule has 0 saturated carbocycles. The lowest BCUT2D eigenvalue weighted by Crippen LogP contribution is -2.01. The standard InChI is InChI=1S/C8H13NS/c1-5-8(7(3)4)9-10-6-2/h5-7H,1-2H2,3-4H3. The molecule has 10 heavy (non-hydrogen) atoms. The van der Waals surface area contributed by atoms with Crippen molar-refractivity contribution in [1.29, 1.82) is 0 Å². The molecular formula is C8H13NS. The SMILES string of the molecule is C=CSN=C(C=C)C(C)C. The Balaban J connectivity index is 4.03. The van der Waals surface area contributed by atoms with E-state index in [0.29, 0.717) is 5.92 Å². The first-order chi connectivity index (χ1) is 4.72. The van der Waals surface area contributed by atoms with Gasteiger partial charge in [-0.15, -0.1) is 0 Å². The van der Waals surface area contributed by atoms with E-state index >= 15 is 0 Å². The molecular weight excluding hydrogens is 142 g/mol. The van der Waals surface area contributed by atoms with Crippen LogP contribution in [0.5, 0.6) is 0 Å². The molecule has 0 fully saturated rings. The molecule has 0 bridgehead atoms. The molecule has 0 saturated heterocycles. The molecule has 1 nitrogen and oxygen atoms in total. The minimum Gasteiger partial charge on any atom is -0.216 e. The van der Waals surface area contributed by atoms with Crippen molar-refractivity contribution in [3.8, 4) is 0 Å². The van der Waals surface area contributed by atoms with Gasteiger partial charge in [-0.05, 0) is 17.4 Å². The van der Waals surface area contributed by atoms with Gasteiger partial charge in [-0.2, -0.15) is 0 Å². The summed E-state index contributed by atoms with van der Waals surface area (Å²) in [5, 5.41) is 1.70. The lowest BCUT2D eigenvalue weighted by molar-refractivity contribution is 0.893. The fraction of sp³-hybridized carbons (Fsp3) is 0.375. The van der Waals surface area contributed by atoms with Gasteiger partial charge in [-0.3, -0.25) is 0 Å². The molecule has 56 valence electrons. The summed E-state index contributed by atoms with van der Waals surface area (Å²) in [5.74, 6) is 0.449. The van der Waals surface area contributed by atoms with Crippen molar-refractivity contribution in [1.82, 2.24) is 0 Å². The van der Waals surface area contributed by atoms with Gasteiger partial charge in [0.15, 0.2) is 0 Å². The van der Waals surface area contributed by atoms with Crippen molar-refractivity contribution >= 4 is 17.7 Å². The molecule has 0 N–H and O–H groups in total. The van der Waals surface area contributed by atoms with Crippen molar-refractivity contribution in [3.63, 3.8) is 0 Å². The lowest BCUT2D eigenvalue weighted by atomic mass is 10.1. The smallest absolute Gasteiger partial charge is 0.0510 e. The third-order valence-electron chi connectivity index (χ3n) is 1.03. The quantitative estimate of drug-likeness (QED) is 0.449. The average Bonchev–Trinajstić information content (AvgIpc) is 1.89. The predicted molar refractivity (Wildman–Crippen MR) is 50.3 cm³/mol. The average molecular weight is 155 g/mol. The molecule has 0 aromatic rings. The molecule has 0 aliphatic heterocycles. The number of nitrogens with zero attached hydrogens (tertiary/aromatic N) is 1. The molecule has 0 aliphatic rings. The number of hydrogen-bond acceptors (Lipinski definition) is 2. The van der Waals surface area contributed by atoms with Gasteiger partial charge < -0.3 is 0 Å². The van der Waals surface area contributed by atoms with E-state index in [1.165, 1.54) is 11.9 Å². The van der Waals surface area contributed by atoms with E-state index in [4.69, 9.17) is 0 Å². The topological polar surface area (TPSA) is 12.4 Å². The Morgan fingerprint density at radius 1 is 1.50 bits per heavy atom. The Labute approximate surface area is 67.1 Å². The van der Waals surface area contributed by atoms with Crippen LogP contribution in [0.3, 0.4) is 0 Å². The second-order valence-electron chi connectivity index (χ2n) is 2.15. The van der Waals surface area contributed by atoms with Crippen LogP contribution in [0.25, 0.3) is 0 Å². The highest BCUT2D eigenvalue weighted by atomic mass is 32.2. The summed E-state index contributed by atoms with van der Waals surface area (Å²) in [7, 11) is 0. The van der Waals surface area contributed by atoms with E-state index < -0.39 is 0 Å². The van der Waals surface area contributed by atoms with E-state index in [2.05, 4.69) is 31.4 Å². The van der Waals surface area contributed by atoms with Crippen molar-refractivity contribution in [2.75, 3.05) is 0 Å². The number of allylic oxidation sites excluding steroid dienone is 1. The van der Waals surface area contributed by atoms with E-state index in [1.807, 2.05) is 0 Å². The summed E-state index contributed by atoms with van der Waals surface area (Å²) in [6, 6.07) is 0. The first kappa shape index (κ1) is 9.50. The maximum atomic E-state index is 4.16. The summed E-state index contributed by atoms with van der Waals surface area (Å²) < 4.78 is 4.16. The van der Waals surface area contributed by atoms with Crippen LogP contribution in [0.2, 0.25) is 0 Å². The highest BCUT2D eigenvalue weighted by molar-refractivity contribution is 8.01. The highest BCUT2D eigenvalue weighted by Gasteiger charge is 1.97. The second kappa shape index (κ2) is 5.30. The third-order valence-corrected chi connectivity index (χ3v) is 1.50. The molecule has 0 atom stereocenters. The first-order valence-corrected chi connectivity index (χ1v) is 4.03. The van der Waals surface area contributed by atoms with Crippen LogP contribution in [0.1, 0.15) is 13.8 Å². The lowest BCUT2D eigenvalue weighted by Gasteiger charge is -2.01. The van der Waals surface area contributed by atoms with E-state index in [-0.39, 0.29) is 0 Å². The Bertz CT molecular complexity index is 147. The van der Waals surface area contributed by atoms with Gasteiger partial charge in [0.2, 0.25) is 0 Å². The van der Waals surface area contributed by atoms with Crippen LogP contribution in [-0.4, -0.2) is 5.71 Å². The van der Waals surface area contributed by atoms with Gasteiger partial charge in [-0.25, -0.2) is 4.40 Å². The zero-order valence-electron chi connectivity index (χ0n) is 6.50. The maximum Gasteiger partial charge on any atom is 0.0510 e. The zero-order chi connectivity index (χ0) is 7.98. The fourth-order valence-electron chi connectivity index (χ4n) is 0.477. The molecule has 0 rings (SSSR count). The molecule has 0 aliphatic carbocycles. The van der Waals surface area contributed by atoms with Crippen molar-refractivity contribution in [2.45, 2.75) is 13.8 Å². The van der Waals surface area contributed by atoms with Crippen molar-refractivity contribution in [2.24, 2.45) is 10.3 Å². The molecule has 0 radical (unpaired) electrons. The molecule has 0 heterocycles. The zero-order valence-corrected chi connectivity index (χ0v) is 7.32. The van der Waals surface area contributed by atoms with E-state index in [0.717, 1.165) is 5.71 Å².